The zero-order valence-corrected chi connectivity index (χ0v) is 19.4. The fraction of sp³-hybridized carbons (Fsp3) is 0.900. The molecular formula is C20H40O4Pt+2. The Morgan fingerprint density at radius 2 is 0.880 bits per heavy atom. The van der Waals surface area contributed by atoms with E-state index < -0.39 is 11.9 Å². The molecule has 0 atom stereocenters. The van der Waals surface area contributed by atoms with Gasteiger partial charge in [-0.3, -0.25) is 9.59 Å². The SMILES string of the molecule is CC(C)(C)CCCCCC(=O)O.CC(C)(C)CCCCCC(=O)O.[Pt+2]. The zero-order valence-electron chi connectivity index (χ0n) is 17.1. The van der Waals surface area contributed by atoms with Crippen LogP contribution in [0.4, 0.5) is 0 Å². The molecule has 0 radical (unpaired) electrons. The Balaban J connectivity index is -0.000000372. The van der Waals surface area contributed by atoms with Gasteiger partial charge in [-0.15, -0.1) is 0 Å². The summed E-state index contributed by atoms with van der Waals surface area (Å²) in [5.74, 6) is -1.35. The molecule has 0 bridgehead atoms. The maximum absolute atomic E-state index is 10.2. The second-order valence-electron chi connectivity index (χ2n) is 9.03. The summed E-state index contributed by atoms with van der Waals surface area (Å²) in [6.07, 6.45) is 9.06. The third kappa shape index (κ3) is 35.6. The summed E-state index contributed by atoms with van der Waals surface area (Å²) in [5.41, 5.74) is 0.784. The van der Waals surface area contributed by atoms with E-state index in [-0.39, 0.29) is 21.1 Å². The number of carbonyl (C=O) groups is 2. The molecule has 0 fully saturated rings. The fourth-order valence-electron chi connectivity index (χ4n) is 2.22. The van der Waals surface area contributed by atoms with Gasteiger partial charge in [-0.25, -0.2) is 0 Å². The van der Waals surface area contributed by atoms with Crippen LogP contribution in [0.3, 0.4) is 0 Å². The molecule has 0 aromatic rings. The van der Waals surface area contributed by atoms with Crippen LogP contribution < -0.4 is 0 Å². The summed E-state index contributed by atoms with van der Waals surface area (Å²) in [7, 11) is 0. The molecule has 0 unspecified atom stereocenters. The van der Waals surface area contributed by atoms with Crippen LogP contribution in [0.2, 0.25) is 0 Å². The Labute approximate surface area is 169 Å². The first-order valence-electron chi connectivity index (χ1n) is 9.27. The quantitative estimate of drug-likeness (QED) is 0.328. The molecule has 25 heavy (non-hydrogen) atoms. The Morgan fingerprint density at radius 1 is 0.600 bits per heavy atom. The van der Waals surface area contributed by atoms with E-state index in [0.717, 1.165) is 38.5 Å². The van der Waals surface area contributed by atoms with Crippen molar-refractivity contribution in [3.8, 4) is 0 Å². The van der Waals surface area contributed by atoms with Gasteiger partial charge in [0.25, 0.3) is 0 Å². The number of carboxylic acid groups (broad SMARTS) is 2. The smallest absolute Gasteiger partial charge is 0.481 e. The predicted octanol–water partition coefficient (Wildman–Crippen LogP) is 6.13. The van der Waals surface area contributed by atoms with E-state index in [4.69, 9.17) is 10.2 Å². The molecule has 0 aliphatic heterocycles. The van der Waals surface area contributed by atoms with Crippen molar-refractivity contribution in [2.75, 3.05) is 0 Å². The molecule has 2 N–H and O–H groups in total. The van der Waals surface area contributed by atoms with Gasteiger partial charge in [-0.1, -0.05) is 67.2 Å². The molecular weight excluding hydrogens is 499 g/mol. The molecule has 0 spiro atoms. The molecule has 0 aromatic carbocycles. The van der Waals surface area contributed by atoms with E-state index >= 15 is 0 Å². The number of aliphatic carboxylic acids is 2. The number of hydrogen-bond acceptors (Lipinski definition) is 2. The van der Waals surface area contributed by atoms with Crippen molar-refractivity contribution >= 4 is 11.9 Å². The first-order chi connectivity index (χ1) is 10.8. The maximum Gasteiger partial charge on any atom is 2.00 e. The molecule has 0 heterocycles. The van der Waals surface area contributed by atoms with Crippen LogP contribution in [-0.2, 0) is 30.7 Å². The van der Waals surface area contributed by atoms with Crippen LogP contribution in [0.1, 0.15) is 106 Å². The van der Waals surface area contributed by atoms with Crippen molar-refractivity contribution in [1.82, 2.24) is 0 Å². The molecule has 4 nitrogen and oxygen atoms in total. The summed E-state index contributed by atoms with van der Waals surface area (Å²) in [6.45, 7) is 13.3. The van der Waals surface area contributed by atoms with Crippen LogP contribution in [0, 0.1) is 10.8 Å². The van der Waals surface area contributed by atoms with Crippen molar-refractivity contribution in [1.29, 1.82) is 0 Å². The van der Waals surface area contributed by atoms with Gasteiger partial charge in [0.2, 0.25) is 0 Å². The molecule has 0 aliphatic carbocycles. The first-order valence-corrected chi connectivity index (χ1v) is 9.27. The third-order valence-corrected chi connectivity index (χ3v) is 3.63. The predicted molar refractivity (Wildman–Crippen MR) is 100 cm³/mol. The number of rotatable bonds is 10. The van der Waals surface area contributed by atoms with Crippen molar-refractivity contribution in [2.45, 2.75) is 106 Å². The van der Waals surface area contributed by atoms with E-state index in [1.165, 1.54) is 12.8 Å². The van der Waals surface area contributed by atoms with Crippen LogP contribution in [0.15, 0.2) is 0 Å². The van der Waals surface area contributed by atoms with Gasteiger partial charge in [0.15, 0.2) is 0 Å². The summed E-state index contributed by atoms with van der Waals surface area (Å²) >= 11 is 0. The van der Waals surface area contributed by atoms with Gasteiger partial charge >= 0.3 is 33.0 Å². The first kappa shape index (κ1) is 29.4. The molecule has 0 saturated carbocycles. The van der Waals surface area contributed by atoms with E-state index in [9.17, 15) is 9.59 Å². The monoisotopic (exact) mass is 539 g/mol. The summed E-state index contributed by atoms with van der Waals surface area (Å²) in [6, 6.07) is 0. The number of hydrogen-bond donors (Lipinski definition) is 2. The average molecular weight is 540 g/mol. The largest absolute Gasteiger partial charge is 2.00 e. The van der Waals surface area contributed by atoms with Gasteiger partial charge in [0, 0.05) is 12.8 Å². The molecule has 5 heteroatoms. The Hall–Kier alpha value is -0.372. The van der Waals surface area contributed by atoms with Gasteiger partial charge in [0.05, 0.1) is 0 Å². The summed E-state index contributed by atoms with van der Waals surface area (Å²) in [4.78, 5) is 20.3. The van der Waals surface area contributed by atoms with Gasteiger partial charge in [-0.05, 0) is 36.5 Å². The number of carboxylic acids is 2. The van der Waals surface area contributed by atoms with Crippen molar-refractivity contribution in [3.63, 3.8) is 0 Å². The van der Waals surface area contributed by atoms with Gasteiger partial charge in [0.1, 0.15) is 0 Å². The molecule has 0 aromatic heterocycles. The molecule has 152 valence electrons. The second-order valence-corrected chi connectivity index (χ2v) is 9.03. The van der Waals surface area contributed by atoms with Crippen molar-refractivity contribution in [3.05, 3.63) is 0 Å². The van der Waals surface area contributed by atoms with E-state index in [2.05, 4.69) is 41.5 Å². The second kappa shape index (κ2) is 15.8. The average Bonchev–Trinajstić information content (AvgIpc) is 2.35. The van der Waals surface area contributed by atoms with Crippen LogP contribution in [-0.4, -0.2) is 22.2 Å². The topological polar surface area (TPSA) is 74.6 Å². The van der Waals surface area contributed by atoms with E-state index in [1.54, 1.807) is 0 Å². The Morgan fingerprint density at radius 3 is 1.08 bits per heavy atom. The maximum atomic E-state index is 10.2. The summed E-state index contributed by atoms with van der Waals surface area (Å²) in [5, 5.41) is 16.7. The Bertz CT molecular complexity index is 307. The van der Waals surface area contributed by atoms with Crippen LogP contribution >= 0.6 is 0 Å². The zero-order chi connectivity index (χ0) is 19.2. The Kier molecular flexibility index (Phi) is 18.6. The van der Waals surface area contributed by atoms with Crippen molar-refractivity contribution in [2.24, 2.45) is 10.8 Å². The molecule has 0 aliphatic rings. The molecule has 0 rings (SSSR count). The molecule has 0 amide bonds. The summed E-state index contributed by atoms with van der Waals surface area (Å²) < 4.78 is 0. The van der Waals surface area contributed by atoms with Crippen LogP contribution in [0.5, 0.6) is 0 Å². The fourth-order valence-corrected chi connectivity index (χ4v) is 2.22. The number of unbranched alkanes of at least 4 members (excludes halogenated alkanes) is 4. The minimum absolute atomic E-state index is 0. The van der Waals surface area contributed by atoms with Crippen molar-refractivity contribution < 1.29 is 40.9 Å². The minimum Gasteiger partial charge on any atom is -0.481 e. The van der Waals surface area contributed by atoms with E-state index in [0.29, 0.717) is 23.7 Å². The standard InChI is InChI=1S/2C10H20O2.Pt/c2*1-10(2,3)8-6-4-5-7-9(11)12;/h2*4-8H2,1-3H3,(H,11,12);/q;;+2. The molecule has 0 saturated heterocycles. The normalized spacial score (nSPS) is 11.1. The third-order valence-electron chi connectivity index (χ3n) is 3.63. The van der Waals surface area contributed by atoms with E-state index in [1.807, 2.05) is 0 Å². The van der Waals surface area contributed by atoms with Gasteiger partial charge < -0.3 is 10.2 Å². The van der Waals surface area contributed by atoms with Gasteiger partial charge in [-0.2, -0.15) is 0 Å². The minimum atomic E-state index is -0.675. The van der Waals surface area contributed by atoms with Crippen LogP contribution in [0.25, 0.3) is 0 Å².